The molecule has 5 rings (SSSR count). The number of hydrogen-bond acceptors (Lipinski definition) is 4. The highest BCUT2D eigenvalue weighted by atomic mass is 35.5. The van der Waals surface area contributed by atoms with Gasteiger partial charge in [-0.25, -0.2) is 0 Å². The molecular weight excluding hydrogens is 346 g/mol. The highest BCUT2D eigenvalue weighted by Crippen LogP contribution is 2.40. The summed E-state index contributed by atoms with van der Waals surface area (Å²) in [4.78, 5) is 9.21. The van der Waals surface area contributed by atoms with E-state index in [1.165, 1.54) is 40.9 Å². The number of pyridine rings is 1. The average Bonchev–Trinajstić information content (AvgIpc) is 3.33. The molecule has 2 saturated heterocycles. The second-order valence-electron chi connectivity index (χ2n) is 7.63. The monoisotopic (exact) mass is 369 g/mol. The third-order valence-corrected chi connectivity index (χ3v) is 6.40. The number of nitrogens with zero attached hydrogens (tertiary/aromatic N) is 3. The molecule has 3 aliphatic rings. The SMILES string of the molecule is CN1c2ccc(-c3cncc(N4CCC[C@H]4CCl)c3)cc2CCC2OC21. The molecule has 2 fully saturated rings. The van der Waals surface area contributed by atoms with Gasteiger partial charge in [-0.2, -0.15) is 0 Å². The summed E-state index contributed by atoms with van der Waals surface area (Å²) in [6.07, 6.45) is 9.17. The first-order valence-electron chi connectivity index (χ1n) is 9.54. The van der Waals surface area contributed by atoms with E-state index in [1.54, 1.807) is 0 Å². The van der Waals surface area contributed by atoms with Crippen LogP contribution < -0.4 is 9.80 Å². The van der Waals surface area contributed by atoms with Crippen LogP contribution in [0.3, 0.4) is 0 Å². The van der Waals surface area contributed by atoms with Crippen LogP contribution in [-0.4, -0.2) is 42.8 Å². The number of aryl methyl sites for hydroxylation is 1. The summed E-state index contributed by atoms with van der Waals surface area (Å²) >= 11 is 6.16. The first kappa shape index (κ1) is 16.4. The first-order chi connectivity index (χ1) is 12.7. The fourth-order valence-corrected chi connectivity index (χ4v) is 4.83. The van der Waals surface area contributed by atoms with Crippen LogP contribution in [0.2, 0.25) is 0 Å². The quantitative estimate of drug-likeness (QED) is 0.603. The maximum absolute atomic E-state index is 6.16. The minimum Gasteiger partial charge on any atom is -0.366 e. The molecule has 4 heterocycles. The van der Waals surface area contributed by atoms with Gasteiger partial charge in [-0.3, -0.25) is 4.98 Å². The Morgan fingerprint density at radius 3 is 3.00 bits per heavy atom. The molecule has 0 radical (unpaired) electrons. The van der Waals surface area contributed by atoms with Crippen LogP contribution in [0, 0.1) is 0 Å². The van der Waals surface area contributed by atoms with Crippen LogP contribution in [0.25, 0.3) is 11.1 Å². The molecule has 0 N–H and O–H groups in total. The fourth-order valence-electron chi connectivity index (χ4n) is 4.51. The second-order valence-corrected chi connectivity index (χ2v) is 7.94. The van der Waals surface area contributed by atoms with E-state index in [2.05, 4.69) is 46.1 Å². The summed E-state index contributed by atoms with van der Waals surface area (Å²) in [5.41, 5.74) is 6.31. The number of halogens is 1. The van der Waals surface area contributed by atoms with Gasteiger partial charge in [-0.1, -0.05) is 6.07 Å². The second kappa shape index (κ2) is 6.43. The van der Waals surface area contributed by atoms with Gasteiger partial charge >= 0.3 is 0 Å². The lowest BCUT2D eigenvalue weighted by atomic mass is 10.00. The minimum atomic E-state index is 0.273. The first-order valence-corrected chi connectivity index (χ1v) is 10.1. The zero-order valence-electron chi connectivity index (χ0n) is 15.1. The predicted octanol–water partition coefficient (Wildman–Crippen LogP) is 4.06. The summed E-state index contributed by atoms with van der Waals surface area (Å²) in [7, 11) is 2.14. The number of anilines is 2. The molecule has 1 aromatic heterocycles. The Balaban J connectivity index is 1.47. The van der Waals surface area contributed by atoms with Crippen LogP contribution in [0.1, 0.15) is 24.8 Å². The molecule has 0 amide bonds. The number of hydrogen-bond donors (Lipinski definition) is 0. The molecule has 0 saturated carbocycles. The Bertz CT molecular complexity index is 827. The van der Waals surface area contributed by atoms with Crippen molar-refractivity contribution >= 4 is 23.0 Å². The summed E-state index contributed by atoms with van der Waals surface area (Å²) in [5.74, 6) is 0.680. The van der Waals surface area contributed by atoms with Gasteiger partial charge < -0.3 is 14.5 Å². The van der Waals surface area contributed by atoms with Crippen molar-refractivity contribution in [2.24, 2.45) is 0 Å². The Hall–Kier alpha value is -1.78. The smallest absolute Gasteiger partial charge is 0.157 e. The lowest BCUT2D eigenvalue weighted by Gasteiger charge is -2.25. The van der Waals surface area contributed by atoms with Crippen molar-refractivity contribution in [3.8, 4) is 11.1 Å². The molecule has 2 unspecified atom stereocenters. The van der Waals surface area contributed by atoms with E-state index < -0.39 is 0 Å². The van der Waals surface area contributed by atoms with E-state index in [1.807, 2.05) is 12.4 Å². The van der Waals surface area contributed by atoms with Crippen molar-refractivity contribution in [2.75, 3.05) is 29.3 Å². The molecule has 2 aromatic rings. The van der Waals surface area contributed by atoms with Crippen LogP contribution >= 0.6 is 11.6 Å². The number of rotatable bonds is 3. The molecular formula is C21H24ClN3O. The van der Waals surface area contributed by atoms with Gasteiger partial charge in [0, 0.05) is 43.0 Å². The number of fused-ring (bicyclic) bond motifs is 2. The van der Waals surface area contributed by atoms with Crippen LogP contribution in [0.4, 0.5) is 11.4 Å². The van der Waals surface area contributed by atoms with E-state index in [4.69, 9.17) is 16.3 Å². The van der Waals surface area contributed by atoms with E-state index in [9.17, 15) is 0 Å². The lowest BCUT2D eigenvalue weighted by Crippen LogP contribution is -2.30. The molecule has 3 aliphatic heterocycles. The zero-order valence-corrected chi connectivity index (χ0v) is 15.8. The molecule has 5 heteroatoms. The molecule has 3 atom stereocenters. The largest absolute Gasteiger partial charge is 0.366 e. The van der Waals surface area contributed by atoms with E-state index in [0.717, 1.165) is 19.4 Å². The lowest BCUT2D eigenvalue weighted by molar-refractivity contribution is 0.358. The highest BCUT2D eigenvalue weighted by Gasteiger charge is 2.44. The van der Waals surface area contributed by atoms with Gasteiger partial charge in [-0.15, -0.1) is 11.6 Å². The number of ether oxygens (including phenoxy) is 1. The van der Waals surface area contributed by atoms with Crippen molar-refractivity contribution < 1.29 is 4.74 Å². The number of likely N-dealkylation sites (N-methyl/N-ethyl adjacent to an activating group) is 1. The standard InChI is InChI=1S/C21H24ClN3O/c1-24-19-6-4-14(9-15(19)5-7-20-21(24)26-20)16-10-18(13-23-12-16)25-8-2-3-17(25)11-22/h4,6,9-10,12-13,17,20-21H,2-3,5,7-8,11H2,1H3/t17-,20?,21?/m0/s1. The van der Waals surface area contributed by atoms with Gasteiger partial charge in [0.15, 0.2) is 6.23 Å². The maximum Gasteiger partial charge on any atom is 0.157 e. The molecule has 0 bridgehead atoms. The van der Waals surface area contributed by atoms with Gasteiger partial charge in [0.1, 0.15) is 6.10 Å². The van der Waals surface area contributed by atoms with Crippen LogP contribution in [0.5, 0.6) is 0 Å². The normalized spacial score (nSPS) is 27.1. The van der Waals surface area contributed by atoms with E-state index >= 15 is 0 Å². The van der Waals surface area contributed by atoms with Gasteiger partial charge in [0.05, 0.1) is 11.9 Å². The zero-order chi connectivity index (χ0) is 17.7. The molecule has 136 valence electrons. The molecule has 4 nitrogen and oxygen atoms in total. The summed E-state index contributed by atoms with van der Waals surface area (Å²) in [6.45, 7) is 1.07. The number of alkyl halides is 1. The Morgan fingerprint density at radius 2 is 2.12 bits per heavy atom. The Morgan fingerprint density at radius 1 is 1.19 bits per heavy atom. The topological polar surface area (TPSA) is 31.9 Å². The Kier molecular flexibility index (Phi) is 4.06. The van der Waals surface area contributed by atoms with Crippen molar-refractivity contribution in [1.82, 2.24) is 4.98 Å². The number of benzene rings is 1. The van der Waals surface area contributed by atoms with Crippen molar-refractivity contribution in [3.05, 3.63) is 42.2 Å². The van der Waals surface area contributed by atoms with Gasteiger partial charge in [0.25, 0.3) is 0 Å². The minimum absolute atomic E-state index is 0.273. The van der Waals surface area contributed by atoms with Crippen molar-refractivity contribution in [3.63, 3.8) is 0 Å². The van der Waals surface area contributed by atoms with Crippen molar-refractivity contribution in [1.29, 1.82) is 0 Å². The predicted molar refractivity (Wildman–Crippen MR) is 106 cm³/mol. The molecule has 0 spiro atoms. The summed E-state index contributed by atoms with van der Waals surface area (Å²) in [5, 5.41) is 0. The highest BCUT2D eigenvalue weighted by molar-refractivity contribution is 6.18. The van der Waals surface area contributed by atoms with Crippen LogP contribution in [0.15, 0.2) is 36.7 Å². The summed E-state index contributed by atoms with van der Waals surface area (Å²) in [6, 6.07) is 9.47. The molecule has 1 aromatic carbocycles. The summed E-state index contributed by atoms with van der Waals surface area (Å²) < 4.78 is 5.73. The number of aromatic nitrogens is 1. The van der Waals surface area contributed by atoms with Crippen molar-refractivity contribution in [2.45, 2.75) is 44.1 Å². The fraction of sp³-hybridized carbons (Fsp3) is 0.476. The molecule has 0 aliphatic carbocycles. The third-order valence-electron chi connectivity index (χ3n) is 6.04. The Labute approximate surface area is 159 Å². The number of epoxide rings is 1. The van der Waals surface area contributed by atoms with E-state index in [-0.39, 0.29) is 6.23 Å². The molecule has 26 heavy (non-hydrogen) atoms. The van der Waals surface area contributed by atoms with Gasteiger partial charge in [-0.05, 0) is 55.0 Å². The maximum atomic E-state index is 6.16. The van der Waals surface area contributed by atoms with Gasteiger partial charge in [0.2, 0.25) is 0 Å². The van der Waals surface area contributed by atoms with Crippen LogP contribution in [-0.2, 0) is 11.2 Å². The third kappa shape index (κ3) is 2.76. The van der Waals surface area contributed by atoms with E-state index in [0.29, 0.717) is 18.0 Å². The average molecular weight is 370 g/mol.